The average molecular weight is 368 g/mol. The first-order chi connectivity index (χ1) is 13.0. The Balaban J connectivity index is 1.86. The van der Waals surface area contributed by atoms with Gasteiger partial charge in [0.2, 0.25) is 5.91 Å². The molecule has 0 bridgehead atoms. The van der Waals surface area contributed by atoms with Crippen molar-refractivity contribution in [1.82, 2.24) is 4.90 Å². The molecule has 2 aromatic carbocycles. The third-order valence-corrected chi connectivity index (χ3v) is 4.51. The summed E-state index contributed by atoms with van der Waals surface area (Å²) < 4.78 is 10.8. The van der Waals surface area contributed by atoms with Crippen LogP contribution in [-0.4, -0.2) is 37.0 Å². The Morgan fingerprint density at radius 1 is 1.11 bits per heavy atom. The predicted octanol–water partition coefficient (Wildman–Crippen LogP) is 3.47. The summed E-state index contributed by atoms with van der Waals surface area (Å²) in [4.78, 5) is 26.3. The van der Waals surface area contributed by atoms with Crippen LogP contribution in [0.25, 0.3) is 0 Å². The van der Waals surface area contributed by atoms with Gasteiger partial charge in [-0.15, -0.1) is 0 Å². The van der Waals surface area contributed by atoms with Crippen LogP contribution in [0.1, 0.15) is 35.7 Å². The van der Waals surface area contributed by atoms with E-state index in [1.54, 1.807) is 38.5 Å². The van der Waals surface area contributed by atoms with Gasteiger partial charge in [0, 0.05) is 29.8 Å². The summed E-state index contributed by atoms with van der Waals surface area (Å²) in [5.74, 6) is 1.22. The van der Waals surface area contributed by atoms with Gasteiger partial charge in [0.05, 0.1) is 20.8 Å². The van der Waals surface area contributed by atoms with Gasteiger partial charge in [-0.3, -0.25) is 9.59 Å². The van der Waals surface area contributed by atoms with Crippen LogP contribution in [0.2, 0.25) is 0 Å². The minimum absolute atomic E-state index is 0.0606. The molecule has 0 unspecified atom stereocenters. The van der Waals surface area contributed by atoms with Crippen molar-refractivity contribution in [2.45, 2.75) is 32.4 Å². The maximum Gasteiger partial charge on any atom is 0.254 e. The highest BCUT2D eigenvalue weighted by molar-refractivity contribution is 5.97. The number of anilines is 1. The Morgan fingerprint density at radius 2 is 1.89 bits per heavy atom. The normalized spacial score (nSPS) is 13.0. The number of ether oxygens (including phenoxy) is 2. The number of amides is 2. The van der Waals surface area contributed by atoms with Crippen molar-refractivity contribution in [2.75, 3.05) is 19.5 Å². The van der Waals surface area contributed by atoms with E-state index in [0.717, 1.165) is 29.9 Å². The number of hydrogen-bond donors (Lipinski definition) is 1. The second-order valence-corrected chi connectivity index (χ2v) is 6.60. The van der Waals surface area contributed by atoms with Crippen LogP contribution < -0.4 is 14.8 Å². The molecule has 2 aromatic rings. The highest BCUT2D eigenvalue weighted by atomic mass is 16.5. The van der Waals surface area contributed by atoms with Crippen LogP contribution >= 0.6 is 0 Å². The lowest BCUT2D eigenvalue weighted by Crippen LogP contribution is -2.32. The van der Waals surface area contributed by atoms with Crippen molar-refractivity contribution in [3.05, 3.63) is 53.6 Å². The molecule has 0 saturated heterocycles. The minimum Gasteiger partial charge on any atom is -0.497 e. The van der Waals surface area contributed by atoms with Crippen molar-refractivity contribution >= 4 is 17.5 Å². The third kappa shape index (κ3) is 4.58. The average Bonchev–Trinajstić information content (AvgIpc) is 3.50. The van der Waals surface area contributed by atoms with E-state index in [1.165, 1.54) is 6.92 Å². The molecule has 0 heterocycles. The Bertz CT molecular complexity index is 846. The summed E-state index contributed by atoms with van der Waals surface area (Å²) in [6.45, 7) is 1.88. The van der Waals surface area contributed by atoms with Crippen molar-refractivity contribution < 1.29 is 19.1 Å². The maximum absolute atomic E-state index is 13.2. The van der Waals surface area contributed by atoms with Crippen LogP contribution in [0.3, 0.4) is 0 Å². The molecule has 0 atom stereocenters. The van der Waals surface area contributed by atoms with Gasteiger partial charge in [0.1, 0.15) is 11.5 Å². The van der Waals surface area contributed by atoms with Crippen molar-refractivity contribution in [2.24, 2.45) is 0 Å². The van der Waals surface area contributed by atoms with Gasteiger partial charge < -0.3 is 19.7 Å². The molecular formula is C21H24N2O4. The zero-order valence-corrected chi connectivity index (χ0v) is 15.8. The van der Waals surface area contributed by atoms with E-state index >= 15 is 0 Å². The first-order valence-electron chi connectivity index (χ1n) is 8.91. The first kappa shape index (κ1) is 18.8. The van der Waals surface area contributed by atoms with E-state index in [-0.39, 0.29) is 17.9 Å². The van der Waals surface area contributed by atoms with Crippen LogP contribution in [0.4, 0.5) is 5.69 Å². The summed E-state index contributed by atoms with van der Waals surface area (Å²) in [5.41, 5.74) is 2.06. The van der Waals surface area contributed by atoms with Crippen LogP contribution in [0.15, 0.2) is 42.5 Å². The van der Waals surface area contributed by atoms with Crippen molar-refractivity contribution in [3.8, 4) is 11.5 Å². The van der Waals surface area contributed by atoms with Gasteiger partial charge in [-0.05, 0) is 49.2 Å². The van der Waals surface area contributed by atoms with Crippen LogP contribution in [0.5, 0.6) is 11.5 Å². The Kier molecular flexibility index (Phi) is 5.64. The van der Waals surface area contributed by atoms with Crippen molar-refractivity contribution in [1.29, 1.82) is 0 Å². The predicted molar refractivity (Wildman–Crippen MR) is 103 cm³/mol. The summed E-state index contributed by atoms with van der Waals surface area (Å²) in [7, 11) is 3.23. The summed E-state index contributed by atoms with van der Waals surface area (Å²) in [6.07, 6.45) is 1.98. The number of benzene rings is 2. The number of nitrogens with zero attached hydrogens (tertiary/aromatic N) is 1. The standard InChI is InChI=1S/C21H24N2O4/c1-14(24)22-17-6-4-5-15(11-17)21(25)23(18-7-8-18)13-16-12-19(26-2)9-10-20(16)27-3/h4-6,9-12,18H,7-8,13H2,1-3H3,(H,22,24). The Hall–Kier alpha value is -3.02. The monoisotopic (exact) mass is 368 g/mol. The highest BCUT2D eigenvalue weighted by Gasteiger charge is 2.33. The molecule has 0 radical (unpaired) electrons. The molecule has 1 aliphatic rings. The molecule has 1 saturated carbocycles. The molecule has 142 valence electrons. The lowest BCUT2D eigenvalue weighted by atomic mass is 10.1. The number of rotatable bonds is 7. The van der Waals surface area contributed by atoms with Gasteiger partial charge in [0.25, 0.3) is 5.91 Å². The lowest BCUT2D eigenvalue weighted by Gasteiger charge is -2.24. The Labute approximate surface area is 159 Å². The van der Waals surface area contributed by atoms with E-state index in [9.17, 15) is 9.59 Å². The number of nitrogens with one attached hydrogen (secondary N) is 1. The van der Waals surface area contributed by atoms with E-state index in [0.29, 0.717) is 17.8 Å². The second kappa shape index (κ2) is 8.12. The summed E-state index contributed by atoms with van der Waals surface area (Å²) >= 11 is 0. The van der Waals surface area contributed by atoms with Gasteiger partial charge in [0.15, 0.2) is 0 Å². The van der Waals surface area contributed by atoms with E-state index in [2.05, 4.69) is 5.32 Å². The minimum atomic E-state index is -0.167. The van der Waals surface area contributed by atoms with Gasteiger partial charge in [-0.1, -0.05) is 6.07 Å². The van der Waals surface area contributed by atoms with Gasteiger partial charge >= 0.3 is 0 Å². The molecular weight excluding hydrogens is 344 g/mol. The lowest BCUT2D eigenvalue weighted by molar-refractivity contribution is -0.114. The topological polar surface area (TPSA) is 67.9 Å². The zero-order chi connectivity index (χ0) is 19.4. The third-order valence-electron chi connectivity index (χ3n) is 4.51. The fraction of sp³-hybridized carbons (Fsp3) is 0.333. The van der Waals surface area contributed by atoms with E-state index < -0.39 is 0 Å². The number of hydrogen-bond acceptors (Lipinski definition) is 4. The number of carbonyl (C=O) groups is 2. The largest absolute Gasteiger partial charge is 0.497 e. The molecule has 1 N–H and O–H groups in total. The van der Waals surface area contributed by atoms with Crippen LogP contribution in [-0.2, 0) is 11.3 Å². The maximum atomic E-state index is 13.2. The quantitative estimate of drug-likeness (QED) is 0.813. The summed E-state index contributed by atoms with van der Waals surface area (Å²) in [6, 6.07) is 12.8. The molecule has 6 heteroatoms. The fourth-order valence-corrected chi connectivity index (χ4v) is 3.04. The smallest absolute Gasteiger partial charge is 0.254 e. The van der Waals surface area contributed by atoms with Gasteiger partial charge in [-0.2, -0.15) is 0 Å². The molecule has 6 nitrogen and oxygen atoms in total. The Morgan fingerprint density at radius 3 is 2.52 bits per heavy atom. The number of carbonyl (C=O) groups excluding carboxylic acids is 2. The molecule has 2 amide bonds. The second-order valence-electron chi connectivity index (χ2n) is 6.60. The van der Waals surface area contributed by atoms with Crippen LogP contribution in [0, 0.1) is 0 Å². The number of methoxy groups -OCH3 is 2. The van der Waals surface area contributed by atoms with Crippen molar-refractivity contribution in [3.63, 3.8) is 0 Å². The zero-order valence-electron chi connectivity index (χ0n) is 15.8. The fourth-order valence-electron chi connectivity index (χ4n) is 3.04. The SMILES string of the molecule is COc1ccc(OC)c(CN(C(=O)c2cccc(NC(C)=O)c2)C2CC2)c1. The first-order valence-corrected chi connectivity index (χ1v) is 8.91. The van der Waals surface area contributed by atoms with E-state index in [1.807, 2.05) is 23.1 Å². The molecule has 0 aliphatic heterocycles. The molecule has 27 heavy (non-hydrogen) atoms. The van der Waals surface area contributed by atoms with E-state index in [4.69, 9.17) is 9.47 Å². The highest BCUT2D eigenvalue weighted by Crippen LogP contribution is 2.33. The molecule has 0 spiro atoms. The molecule has 1 fully saturated rings. The summed E-state index contributed by atoms with van der Waals surface area (Å²) in [5, 5.41) is 2.72. The molecule has 3 rings (SSSR count). The molecule has 0 aromatic heterocycles. The van der Waals surface area contributed by atoms with Gasteiger partial charge in [-0.25, -0.2) is 0 Å². The molecule has 1 aliphatic carbocycles.